The molecule has 2 heterocycles. The molecule has 0 saturated carbocycles. The third-order valence-electron chi connectivity index (χ3n) is 1.17. The largest absolute Gasteiger partial charge is 0.340 e. The van der Waals surface area contributed by atoms with E-state index in [-0.39, 0.29) is 5.12 Å². The van der Waals surface area contributed by atoms with E-state index in [0.717, 1.165) is 10.8 Å². The number of nitrogens with zero attached hydrogens (tertiary/aromatic N) is 1. The molecule has 0 saturated heterocycles. The standard InChI is InChI=1S/C4H3N3O2S2/c8-4-2-3(6-1-5-2)7-11(9)10-4/h1,7H,(H,5,6). The van der Waals surface area contributed by atoms with Gasteiger partial charge in [0.25, 0.3) is 5.12 Å². The van der Waals surface area contributed by atoms with Crippen molar-refractivity contribution in [3.63, 3.8) is 0 Å². The number of imidazole rings is 1. The molecule has 0 aliphatic carbocycles. The van der Waals surface area contributed by atoms with Gasteiger partial charge in [0.15, 0.2) is 15.8 Å². The van der Waals surface area contributed by atoms with Crippen LogP contribution < -0.4 is 4.72 Å². The lowest BCUT2D eigenvalue weighted by molar-refractivity contribution is 0.108. The highest BCUT2D eigenvalue weighted by atomic mass is 33.1. The van der Waals surface area contributed by atoms with Crippen molar-refractivity contribution in [2.45, 2.75) is 0 Å². The summed E-state index contributed by atoms with van der Waals surface area (Å²) in [6.07, 6.45) is 1.39. The van der Waals surface area contributed by atoms with Gasteiger partial charge in [-0.15, -0.1) is 0 Å². The Morgan fingerprint density at radius 3 is 3.27 bits per heavy atom. The average molecular weight is 189 g/mol. The van der Waals surface area contributed by atoms with E-state index in [1.807, 2.05) is 0 Å². The minimum Gasteiger partial charge on any atom is -0.340 e. The third kappa shape index (κ3) is 1.05. The van der Waals surface area contributed by atoms with Gasteiger partial charge in [0.05, 0.1) is 6.33 Å². The van der Waals surface area contributed by atoms with E-state index < -0.39 is 10.0 Å². The number of rotatable bonds is 0. The lowest BCUT2D eigenvalue weighted by Crippen LogP contribution is -2.13. The molecule has 11 heavy (non-hydrogen) atoms. The number of aromatic amines is 1. The average Bonchev–Trinajstić information content (AvgIpc) is 2.34. The van der Waals surface area contributed by atoms with Crippen LogP contribution >= 0.6 is 10.8 Å². The van der Waals surface area contributed by atoms with E-state index in [4.69, 9.17) is 0 Å². The molecule has 1 aliphatic rings. The number of anilines is 1. The first-order valence-corrected chi connectivity index (χ1v) is 5.20. The third-order valence-corrected chi connectivity index (χ3v) is 3.20. The molecule has 1 aromatic rings. The van der Waals surface area contributed by atoms with Crippen LogP contribution in [-0.2, 0) is 10.0 Å². The molecule has 0 spiro atoms. The number of H-pyrrole nitrogens is 1. The highest BCUT2D eigenvalue weighted by Crippen LogP contribution is 2.26. The zero-order valence-electron chi connectivity index (χ0n) is 5.16. The maximum absolute atomic E-state index is 11.0. The molecule has 0 bridgehead atoms. The molecule has 1 aliphatic heterocycles. The first kappa shape index (κ1) is 6.86. The second-order valence-corrected chi connectivity index (χ2v) is 4.45. The Labute approximate surface area is 68.0 Å². The monoisotopic (exact) mass is 189 g/mol. The smallest absolute Gasteiger partial charge is 0.253 e. The van der Waals surface area contributed by atoms with Gasteiger partial charge in [-0.2, -0.15) is 0 Å². The topological polar surface area (TPSA) is 74.8 Å². The van der Waals surface area contributed by atoms with E-state index in [9.17, 15) is 9.00 Å². The molecule has 0 fully saturated rings. The van der Waals surface area contributed by atoms with Crippen LogP contribution in [0.15, 0.2) is 6.33 Å². The summed E-state index contributed by atoms with van der Waals surface area (Å²) in [5.41, 5.74) is 0.384. The van der Waals surface area contributed by atoms with Crippen molar-refractivity contribution in [2.75, 3.05) is 4.72 Å². The van der Waals surface area contributed by atoms with Crippen molar-refractivity contribution in [3.8, 4) is 0 Å². The van der Waals surface area contributed by atoms with Crippen molar-refractivity contribution < 1.29 is 9.00 Å². The lowest BCUT2D eigenvalue weighted by atomic mass is 10.5. The summed E-state index contributed by atoms with van der Waals surface area (Å²) in [6, 6.07) is 0. The van der Waals surface area contributed by atoms with Gasteiger partial charge < -0.3 is 4.98 Å². The van der Waals surface area contributed by atoms with Crippen LogP contribution in [0.5, 0.6) is 0 Å². The summed E-state index contributed by atoms with van der Waals surface area (Å²) in [5.74, 6) is 0.368. The van der Waals surface area contributed by atoms with Crippen molar-refractivity contribution in [1.29, 1.82) is 0 Å². The van der Waals surface area contributed by atoms with Crippen LogP contribution in [0.3, 0.4) is 0 Å². The van der Waals surface area contributed by atoms with Crippen LogP contribution in [0.25, 0.3) is 0 Å². The molecule has 0 amide bonds. The molecule has 1 atom stereocenters. The molecule has 1 unspecified atom stereocenters. The number of hydrogen-bond acceptors (Lipinski definition) is 4. The molecule has 58 valence electrons. The van der Waals surface area contributed by atoms with Crippen molar-refractivity contribution in [3.05, 3.63) is 12.0 Å². The summed E-state index contributed by atoms with van der Waals surface area (Å²) in [6.45, 7) is 0. The Balaban J connectivity index is 2.52. The fraction of sp³-hybridized carbons (Fsp3) is 0. The minimum absolute atomic E-state index is 0.241. The fourth-order valence-corrected chi connectivity index (χ4v) is 2.49. The molecular weight excluding hydrogens is 186 g/mol. The van der Waals surface area contributed by atoms with E-state index in [1.54, 1.807) is 0 Å². The quantitative estimate of drug-likeness (QED) is 0.575. The number of hydrogen-bond donors (Lipinski definition) is 2. The maximum atomic E-state index is 11.0. The predicted octanol–water partition coefficient (Wildman–Crippen LogP) is 0.287. The van der Waals surface area contributed by atoms with Crippen molar-refractivity contribution in [2.24, 2.45) is 0 Å². The van der Waals surface area contributed by atoms with Crippen molar-refractivity contribution in [1.82, 2.24) is 9.97 Å². The number of carbonyl (C=O) groups is 1. The van der Waals surface area contributed by atoms with Gasteiger partial charge in [0.1, 0.15) is 5.69 Å². The number of carbonyl (C=O) groups excluding carboxylic acids is 1. The second-order valence-electron chi connectivity index (χ2n) is 1.83. The Hall–Kier alpha value is -0.820. The van der Waals surface area contributed by atoms with Crippen LogP contribution in [0.4, 0.5) is 5.82 Å². The highest BCUT2D eigenvalue weighted by molar-refractivity contribution is 8.75. The van der Waals surface area contributed by atoms with E-state index in [0.29, 0.717) is 11.5 Å². The van der Waals surface area contributed by atoms with Gasteiger partial charge in [-0.25, -0.2) is 9.19 Å². The molecule has 5 nitrogen and oxygen atoms in total. The fourth-order valence-electron chi connectivity index (χ4n) is 0.737. The van der Waals surface area contributed by atoms with Crippen LogP contribution in [0, 0.1) is 0 Å². The molecule has 2 rings (SSSR count). The Bertz CT molecular complexity index is 334. The number of nitrogens with one attached hydrogen (secondary N) is 2. The maximum Gasteiger partial charge on any atom is 0.253 e. The summed E-state index contributed by atoms with van der Waals surface area (Å²) in [5, 5.41) is -0.241. The van der Waals surface area contributed by atoms with Crippen LogP contribution in [0.2, 0.25) is 0 Å². The van der Waals surface area contributed by atoms with E-state index in [2.05, 4.69) is 14.7 Å². The molecule has 2 N–H and O–H groups in total. The van der Waals surface area contributed by atoms with Gasteiger partial charge in [0.2, 0.25) is 0 Å². The first-order chi connectivity index (χ1) is 5.27. The zero-order chi connectivity index (χ0) is 7.84. The first-order valence-electron chi connectivity index (χ1n) is 2.72. The summed E-state index contributed by atoms with van der Waals surface area (Å²) < 4.78 is 13.4. The van der Waals surface area contributed by atoms with E-state index >= 15 is 0 Å². The summed E-state index contributed by atoms with van der Waals surface area (Å²) >= 11 is 0. The molecular formula is C4H3N3O2S2. The highest BCUT2D eigenvalue weighted by Gasteiger charge is 2.24. The Morgan fingerprint density at radius 2 is 2.45 bits per heavy atom. The predicted molar refractivity (Wildman–Crippen MR) is 42.3 cm³/mol. The second kappa shape index (κ2) is 2.35. The SMILES string of the molecule is O=C1SS(=O)Nc2nc[nH]c21. The number of aromatic nitrogens is 2. The number of fused-ring (bicyclic) bond motifs is 1. The van der Waals surface area contributed by atoms with Gasteiger partial charge in [-0.3, -0.25) is 9.52 Å². The van der Waals surface area contributed by atoms with Crippen molar-refractivity contribution >= 4 is 31.7 Å². The zero-order valence-corrected chi connectivity index (χ0v) is 6.79. The minimum atomic E-state index is -1.38. The van der Waals surface area contributed by atoms with Crippen LogP contribution in [0.1, 0.15) is 10.5 Å². The summed E-state index contributed by atoms with van der Waals surface area (Å²) in [7, 11) is -0.636. The molecule has 0 aromatic carbocycles. The molecule has 1 aromatic heterocycles. The molecule has 0 radical (unpaired) electrons. The lowest BCUT2D eigenvalue weighted by Gasteiger charge is -2.07. The van der Waals surface area contributed by atoms with Gasteiger partial charge >= 0.3 is 0 Å². The Kier molecular flexibility index (Phi) is 1.46. The normalized spacial score (nSPS) is 22.5. The van der Waals surface area contributed by atoms with Gasteiger partial charge in [-0.1, -0.05) is 0 Å². The van der Waals surface area contributed by atoms with Gasteiger partial charge in [-0.05, 0) is 0 Å². The summed E-state index contributed by atoms with van der Waals surface area (Å²) in [4.78, 5) is 17.4. The van der Waals surface area contributed by atoms with Gasteiger partial charge in [0, 0.05) is 10.8 Å². The van der Waals surface area contributed by atoms with Crippen LogP contribution in [-0.4, -0.2) is 19.3 Å². The van der Waals surface area contributed by atoms with E-state index in [1.165, 1.54) is 6.33 Å². The Morgan fingerprint density at radius 1 is 1.64 bits per heavy atom. The molecule has 7 heteroatoms.